The first-order chi connectivity index (χ1) is 17.7. The van der Waals surface area contributed by atoms with E-state index in [1.165, 1.54) is 26.0 Å². The highest BCUT2D eigenvalue weighted by atomic mass is 16.6. The number of carbonyl (C=O) groups excluding carboxylic acids is 3. The van der Waals surface area contributed by atoms with Crippen molar-refractivity contribution in [2.24, 2.45) is 17.8 Å². The van der Waals surface area contributed by atoms with Crippen LogP contribution in [0.5, 0.6) is 0 Å². The van der Waals surface area contributed by atoms with Crippen molar-refractivity contribution in [3.8, 4) is 0 Å². The lowest BCUT2D eigenvalue weighted by Gasteiger charge is -2.29. The van der Waals surface area contributed by atoms with Gasteiger partial charge in [0.25, 0.3) is 0 Å². The molecular weight excluding hydrogens is 488 g/mol. The van der Waals surface area contributed by atoms with Gasteiger partial charge in [0.2, 0.25) is 0 Å². The number of aliphatic hydroxyl groups is 2. The Morgan fingerprint density at radius 2 is 1.92 bits per heavy atom. The molecule has 9 unspecified atom stereocenters. The Morgan fingerprint density at radius 1 is 1.24 bits per heavy atom. The Labute approximate surface area is 226 Å². The van der Waals surface area contributed by atoms with Gasteiger partial charge in [-0.3, -0.25) is 14.4 Å². The molecule has 0 aromatic carbocycles. The lowest BCUT2D eigenvalue weighted by molar-refractivity contribution is -0.152. The Bertz CT molecular complexity index is 959. The number of epoxide rings is 1. The molecule has 2 aliphatic heterocycles. The van der Waals surface area contributed by atoms with Crippen LogP contribution in [0, 0.1) is 17.8 Å². The van der Waals surface area contributed by atoms with Gasteiger partial charge in [0.15, 0.2) is 6.10 Å². The van der Waals surface area contributed by atoms with E-state index in [1.54, 1.807) is 12.2 Å². The molecule has 0 aromatic heterocycles. The zero-order valence-electron chi connectivity index (χ0n) is 23.6. The van der Waals surface area contributed by atoms with Crippen molar-refractivity contribution in [2.75, 3.05) is 0 Å². The van der Waals surface area contributed by atoms with Gasteiger partial charge in [-0.1, -0.05) is 64.2 Å². The molecule has 0 spiro atoms. The number of Topliss-reactive ketones (excluding diaryl/α,β-unsaturated/α-hetero) is 1. The number of cyclic esters (lactones) is 1. The van der Waals surface area contributed by atoms with E-state index < -0.39 is 35.9 Å². The van der Waals surface area contributed by atoms with Crippen LogP contribution in [0.4, 0.5) is 0 Å². The van der Waals surface area contributed by atoms with Crippen LogP contribution in [0.3, 0.4) is 0 Å². The molecule has 0 saturated carbocycles. The van der Waals surface area contributed by atoms with E-state index in [0.29, 0.717) is 6.42 Å². The SMILES string of the molecule is CCC(=O)C(C)C1OC1CC(C)C=CC=C(C)C1OC(=O)CC(O)C=CC(C)(O)C(OC(C)=O)C=CC1C. The molecule has 0 aromatic rings. The molecule has 9 atom stereocenters. The molecule has 0 aliphatic carbocycles. The maximum Gasteiger partial charge on any atom is 0.309 e. The van der Waals surface area contributed by atoms with Crippen LogP contribution < -0.4 is 0 Å². The number of rotatable bonds is 9. The van der Waals surface area contributed by atoms with Gasteiger partial charge in [-0.15, -0.1) is 0 Å². The minimum atomic E-state index is -1.59. The summed E-state index contributed by atoms with van der Waals surface area (Å²) in [6.07, 6.45) is 10.2. The van der Waals surface area contributed by atoms with Gasteiger partial charge in [0, 0.05) is 25.2 Å². The number of esters is 2. The zero-order chi connectivity index (χ0) is 28.6. The molecule has 2 rings (SSSR count). The monoisotopic (exact) mass is 532 g/mol. The minimum Gasteiger partial charge on any atom is -0.457 e. The third-order valence-electron chi connectivity index (χ3n) is 7.05. The van der Waals surface area contributed by atoms with Crippen LogP contribution in [-0.2, 0) is 28.6 Å². The summed E-state index contributed by atoms with van der Waals surface area (Å²) in [4.78, 5) is 36.1. The van der Waals surface area contributed by atoms with Gasteiger partial charge in [-0.2, -0.15) is 0 Å². The van der Waals surface area contributed by atoms with Gasteiger partial charge in [-0.05, 0) is 37.8 Å². The molecule has 2 heterocycles. The molecule has 0 amide bonds. The molecule has 38 heavy (non-hydrogen) atoms. The number of allylic oxidation sites excluding steroid dienone is 3. The third kappa shape index (κ3) is 9.64. The summed E-state index contributed by atoms with van der Waals surface area (Å²) in [7, 11) is 0. The lowest BCUT2D eigenvalue weighted by atomic mass is 9.92. The Balaban J connectivity index is 2.14. The fourth-order valence-electron chi connectivity index (χ4n) is 4.58. The fraction of sp³-hybridized carbons (Fsp3) is 0.633. The average molecular weight is 533 g/mol. The second kappa shape index (κ2) is 14.0. The first kappa shape index (κ1) is 31.7. The van der Waals surface area contributed by atoms with Crippen LogP contribution in [-0.4, -0.2) is 64.1 Å². The van der Waals surface area contributed by atoms with Crippen molar-refractivity contribution in [1.29, 1.82) is 0 Å². The molecule has 212 valence electrons. The summed E-state index contributed by atoms with van der Waals surface area (Å²) >= 11 is 0. The van der Waals surface area contributed by atoms with Crippen molar-refractivity contribution >= 4 is 17.7 Å². The average Bonchev–Trinajstić information content (AvgIpc) is 3.60. The molecular formula is C30H44O8. The second-order valence-corrected chi connectivity index (χ2v) is 10.8. The summed E-state index contributed by atoms with van der Waals surface area (Å²) in [6.45, 7) is 12.3. The molecule has 8 heteroatoms. The van der Waals surface area contributed by atoms with Crippen molar-refractivity contribution in [1.82, 2.24) is 0 Å². The molecule has 2 N–H and O–H groups in total. The van der Waals surface area contributed by atoms with Gasteiger partial charge in [0.05, 0.1) is 24.7 Å². The summed E-state index contributed by atoms with van der Waals surface area (Å²) in [5, 5.41) is 21.1. The van der Waals surface area contributed by atoms with E-state index in [9.17, 15) is 24.6 Å². The number of hydrogen-bond donors (Lipinski definition) is 2. The standard InChI is InChI=1S/C30H44O8/c1-8-24(33)21(5)29-25(37-29)16-18(2)10-9-11-19(3)28-20(4)12-13-26(36-22(6)31)30(7,35)15-14-23(32)17-27(34)38-28/h9-15,18,20-21,23,25-26,28-29,32,35H,8,16-17H2,1-7H3. The predicted molar refractivity (Wildman–Crippen MR) is 144 cm³/mol. The van der Waals surface area contributed by atoms with E-state index in [-0.39, 0.29) is 42.2 Å². The summed E-state index contributed by atoms with van der Waals surface area (Å²) in [5.41, 5.74) is -0.795. The van der Waals surface area contributed by atoms with Crippen LogP contribution >= 0.6 is 0 Å². The largest absolute Gasteiger partial charge is 0.457 e. The minimum absolute atomic E-state index is 0.000583. The summed E-state index contributed by atoms with van der Waals surface area (Å²) < 4.78 is 16.8. The zero-order valence-corrected chi connectivity index (χ0v) is 23.6. The molecule has 2 aliphatic rings. The van der Waals surface area contributed by atoms with Gasteiger partial charge >= 0.3 is 11.9 Å². The third-order valence-corrected chi connectivity index (χ3v) is 7.05. The molecule has 0 radical (unpaired) electrons. The van der Waals surface area contributed by atoms with Crippen LogP contribution in [0.15, 0.2) is 48.1 Å². The van der Waals surface area contributed by atoms with E-state index >= 15 is 0 Å². The molecule has 0 bridgehead atoms. The highest BCUT2D eigenvalue weighted by molar-refractivity contribution is 5.81. The molecule has 1 fully saturated rings. The first-order valence-corrected chi connectivity index (χ1v) is 13.4. The highest BCUT2D eigenvalue weighted by Gasteiger charge is 2.45. The van der Waals surface area contributed by atoms with Crippen LogP contribution in [0.25, 0.3) is 0 Å². The van der Waals surface area contributed by atoms with Crippen molar-refractivity contribution in [2.45, 2.75) is 104 Å². The number of carbonyl (C=O) groups is 3. The van der Waals surface area contributed by atoms with Crippen molar-refractivity contribution in [3.05, 3.63) is 48.1 Å². The topological polar surface area (TPSA) is 123 Å². The predicted octanol–water partition coefficient (Wildman–Crippen LogP) is 4.01. The van der Waals surface area contributed by atoms with Gasteiger partial charge in [-0.25, -0.2) is 0 Å². The Morgan fingerprint density at radius 3 is 2.55 bits per heavy atom. The normalized spacial score (nSPS) is 34.1. The lowest BCUT2D eigenvalue weighted by Crippen LogP contribution is -2.40. The number of ether oxygens (including phenoxy) is 3. The highest BCUT2D eigenvalue weighted by Crippen LogP contribution is 2.35. The van der Waals surface area contributed by atoms with E-state index in [1.807, 2.05) is 39.8 Å². The number of ketones is 1. The Hall–Kier alpha value is -2.55. The number of aliphatic hydroxyl groups excluding tert-OH is 1. The Kier molecular flexibility index (Phi) is 11.7. The van der Waals surface area contributed by atoms with Crippen molar-refractivity contribution < 1.29 is 38.8 Å². The van der Waals surface area contributed by atoms with E-state index in [2.05, 4.69) is 13.0 Å². The number of hydrogen-bond acceptors (Lipinski definition) is 8. The van der Waals surface area contributed by atoms with Gasteiger partial charge in [0.1, 0.15) is 17.5 Å². The summed E-state index contributed by atoms with van der Waals surface area (Å²) in [5.74, 6) is -1.06. The van der Waals surface area contributed by atoms with E-state index in [0.717, 1.165) is 12.0 Å². The van der Waals surface area contributed by atoms with Crippen molar-refractivity contribution in [3.63, 3.8) is 0 Å². The van der Waals surface area contributed by atoms with Crippen LogP contribution in [0.1, 0.15) is 67.7 Å². The van der Waals surface area contributed by atoms with Gasteiger partial charge < -0.3 is 24.4 Å². The maximum atomic E-state index is 12.6. The molecule has 1 saturated heterocycles. The maximum absolute atomic E-state index is 12.6. The quantitative estimate of drug-likeness (QED) is 0.198. The smallest absolute Gasteiger partial charge is 0.309 e. The molecule has 8 nitrogen and oxygen atoms in total. The fourth-order valence-corrected chi connectivity index (χ4v) is 4.58. The second-order valence-electron chi connectivity index (χ2n) is 10.8. The van der Waals surface area contributed by atoms with E-state index in [4.69, 9.17) is 14.2 Å². The first-order valence-electron chi connectivity index (χ1n) is 13.4. The van der Waals surface area contributed by atoms with Crippen LogP contribution in [0.2, 0.25) is 0 Å². The summed E-state index contributed by atoms with van der Waals surface area (Å²) in [6, 6.07) is 0.